The Morgan fingerprint density at radius 1 is 0.750 bits per heavy atom. The zero-order chi connectivity index (χ0) is 14.9. The van der Waals surface area contributed by atoms with Crippen molar-refractivity contribution in [1.29, 1.82) is 0 Å². The summed E-state index contributed by atoms with van der Waals surface area (Å²) in [4.78, 5) is 0. The van der Waals surface area contributed by atoms with Crippen molar-refractivity contribution in [2.75, 3.05) is 26.7 Å². The lowest BCUT2D eigenvalue weighted by atomic mass is 9.95. The van der Waals surface area contributed by atoms with Crippen molar-refractivity contribution >= 4 is 15.8 Å². The standard InChI is InChI=1S/C18H28P2/c1-13(19(3)4)15-9-7-11-17(15)18-12-8-10-16(18)14(2)20(5)6/h7-10,13-14H,11-12H2,1-6H3/t13-,14-/m0/s1. The van der Waals surface area contributed by atoms with E-state index < -0.39 is 0 Å². The molecule has 0 saturated heterocycles. The van der Waals surface area contributed by atoms with Crippen molar-refractivity contribution in [3.8, 4) is 0 Å². The molecule has 2 rings (SSSR count). The van der Waals surface area contributed by atoms with Gasteiger partial charge >= 0.3 is 0 Å². The quantitative estimate of drug-likeness (QED) is 0.566. The maximum absolute atomic E-state index is 2.41. The molecule has 0 spiro atoms. The van der Waals surface area contributed by atoms with Gasteiger partial charge in [-0.2, -0.15) is 0 Å². The molecule has 0 aromatic carbocycles. The lowest BCUT2D eigenvalue weighted by molar-refractivity contribution is 1.05. The summed E-state index contributed by atoms with van der Waals surface area (Å²) >= 11 is 0. The Kier molecular flexibility index (Phi) is 5.44. The van der Waals surface area contributed by atoms with Gasteiger partial charge in [0.15, 0.2) is 0 Å². The molecule has 0 heterocycles. The van der Waals surface area contributed by atoms with Crippen LogP contribution in [0.1, 0.15) is 26.7 Å². The molecule has 2 atom stereocenters. The van der Waals surface area contributed by atoms with Gasteiger partial charge in [-0.05, 0) is 61.8 Å². The highest BCUT2D eigenvalue weighted by Crippen LogP contribution is 2.47. The largest absolute Gasteiger partial charge is 0.106 e. The van der Waals surface area contributed by atoms with Gasteiger partial charge < -0.3 is 0 Å². The number of allylic oxidation sites excluding steroid dienone is 8. The van der Waals surface area contributed by atoms with E-state index in [1.807, 2.05) is 0 Å². The average Bonchev–Trinajstić information content (AvgIpc) is 3.04. The Morgan fingerprint density at radius 3 is 1.40 bits per heavy atom. The third kappa shape index (κ3) is 3.18. The van der Waals surface area contributed by atoms with Gasteiger partial charge in [0, 0.05) is 11.3 Å². The summed E-state index contributed by atoms with van der Waals surface area (Å²) < 4.78 is 0. The van der Waals surface area contributed by atoms with E-state index in [-0.39, 0.29) is 15.8 Å². The van der Waals surface area contributed by atoms with Crippen molar-refractivity contribution in [1.82, 2.24) is 0 Å². The van der Waals surface area contributed by atoms with E-state index in [1.165, 1.54) is 0 Å². The molecule has 0 N–H and O–H groups in total. The third-order valence-electron chi connectivity index (χ3n) is 4.75. The molecule has 0 bridgehead atoms. The molecule has 0 saturated carbocycles. The van der Waals surface area contributed by atoms with Gasteiger partial charge in [0.1, 0.15) is 0 Å². The average molecular weight is 306 g/mol. The first-order valence-electron chi connectivity index (χ1n) is 7.55. The summed E-state index contributed by atoms with van der Waals surface area (Å²) in [6.07, 6.45) is 11.8. The maximum atomic E-state index is 2.41. The van der Waals surface area contributed by atoms with E-state index in [2.05, 4.69) is 64.8 Å². The summed E-state index contributed by atoms with van der Waals surface area (Å²) in [7, 11) is 0.192. The second-order valence-corrected chi connectivity index (χ2v) is 11.8. The first-order valence-corrected chi connectivity index (χ1v) is 12.2. The fourth-order valence-corrected chi connectivity index (χ4v) is 4.57. The highest BCUT2D eigenvalue weighted by atomic mass is 31.1. The van der Waals surface area contributed by atoms with Gasteiger partial charge in [0.05, 0.1) is 0 Å². The molecule has 0 nitrogen and oxygen atoms in total. The molecule has 0 aromatic rings. The molecule has 0 fully saturated rings. The normalized spacial score (nSPS) is 21.8. The summed E-state index contributed by atoms with van der Waals surface area (Å²) in [5.74, 6) is 0. The van der Waals surface area contributed by atoms with Crippen LogP contribution in [0.25, 0.3) is 0 Å². The molecule has 110 valence electrons. The van der Waals surface area contributed by atoms with E-state index in [4.69, 9.17) is 0 Å². The van der Waals surface area contributed by atoms with Crippen molar-refractivity contribution in [2.24, 2.45) is 0 Å². The second-order valence-electron chi connectivity index (χ2n) is 6.36. The van der Waals surface area contributed by atoms with Crippen molar-refractivity contribution < 1.29 is 0 Å². The molecular formula is C18H28P2. The van der Waals surface area contributed by atoms with Crippen LogP contribution < -0.4 is 0 Å². The summed E-state index contributed by atoms with van der Waals surface area (Å²) in [5, 5.41) is 0. The molecule has 0 aromatic heterocycles. The molecule has 0 radical (unpaired) electrons. The zero-order valence-electron chi connectivity index (χ0n) is 13.8. The van der Waals surface area contributed by atoms with Gasteiger partial charge in [-0.1, -0.05) is 38.2 Å². The fourth-order valence-electron chi connectivity index (χ4n) is 2.98. The van der Waals surface area contributed by atoms with E-state index >= 15 is 0 Å². The van der Waals surface area contributed by atoms with Gasteiger partial charge in [-0.15, -0.1) is 15.8 Å². The van der Waals surface area contributed by atoms with Crippen LogP contribution in [-0.2, 0) is 0 Å². The second kappa shape index (κ2) is 6.72. The molecule has 2 heteroatoms. The van der Waals surface area contributed by atoms with E-state index in [0.29, 0.717) is 0 Å². The fraction of sp³-hybridized carbons (Fsp3) is 0.556. The smallest absolute Gasteiger partial charge is 0.00113 e. The van der Waals surface area contributed by atoms with Crippen LogP contribution in [0.4, 0.5) is 0 Å². The summed E-state index contributed by atoms with van der Waals surface area (Å²) in [6, 6.07) is 0. The van der Waals surface area contributed by atoms with Crippen LogP contribution in [-0.4, -0.2) is 38.0 Å². The molecule has 2 aliphatic rings. The predicted octanol–water partition coefficient (Wildman–Crippen LogP) is 5.76. The van der Waals surface area contributed by atoms with E-state index in [0.717, 1.165) is 24.2 Å². The first kappa shape index (κ1) is 16.2. The summed E-state index contributed by atoms with van der Waals surface area (Å²) in [5.41, 5.74) is 8.01. The van der Waals surface area contributed by atoms with E-state index in [1.54, 1.807) is 22.3 Å². The topological polar surface area (TPSA) is 0 Å². The highest BCUT2D eigenvalue weighted by Gasteiger charge is 2.25. The van der Waals surface area contributed by atoms with Crippen molar-refractivity contribution in [2.45, 2.75) is 38.0 Å². The monoisotopic (exact) mass is 306 g/mol. The lowest BCUT2D eigenvalue weighted by Crippen LogP contribution is -2.07. The van der Waals surface area contributed by atoms with Crippen LogP contribution in [0, 0.1) is 0 Å². The molecule has 0 unspecified atom stereocenters. The first-order chi connectivity index (χ1) is 9.43. The minimum Gasteiger partial charge on any atom is -0.106 e. The number of rotatable bonds is 5. The molecule has 20 heavy (non-hydrogen) atoms. The molecule has 0 aliphatic heterocycles. The SMILES string of the molecule is C[C@@H](C1=C(C2=C([C@H](C)P(C)C)C=CC2)CC=C1)P(C)C. The highest BCUT2D eigenvalue weighted by molar-refractivity contribution is 7.57. The maximum Gasteiger partial charge on any atom is 0.00113 e. The minimum atomic E-state index is 0.0962. The molecular weight excluding hydrogens is 278 g/mol. The van der Waals surface area contributed by atoms with Crippen molar-refractivity contribution in [3.63, 3.8) is 0 Å². The minimum absolute atomic E-state index is 0.0962. The van der Waals surface area contributed by atoms with Crippen LogP contribution in [0.2, 0.25) is 0 Å². The Hall–Kier alpha value is -0.180. The zero-order valence-corrected chi connectivity index (χ0v) is 15.6. The van der Waals surface area contributed by atoms with Crippen LogP contribution in [0.3, 0.4) is 0 Å². The van der Waals surface area contributed by atoms with Crippen LogP contribution in [0.15, 0.2) is 46.6 Å². The molecule has 0 amide bonds. The van der Waals surface area contributed by atoms with Crippen LogP contribution in [0.5, 0.6) is 0 Å². The van der Waals surface area contributed by atoms with Gasteiger partial charge in [-0.25, -0.2) is 0 Å². The number of hydrogen-bond acceptors (Lipinski definition) is 0. The Bertz CT molecular complexity index is 444. The molecule has 2 aliphatic carbocycles. The van der Waals surface area contributed by atoms with E-state index in [9.17, 15) is 0 Å². The Labute approximate surface area is 127 Å². The van der Waals surface area contributed by atoms with Gasteiger partial charge in [0.2, 0.25) is 0 Å². The third-order valence-corrected chi connectivity index (χ3v) is 8.40. The lowest BCUT2D eigenvalue weighted by Gasteiger charge is -2.23. The Morgan fingerprint density at radius 2 is 1.10 bits per heavy atom. The Balaban J connectivity index is 2.39. The number of hydrogen-bond donors (Lipinski definition) is 0. The van der Waals surface area contributed by atoms with Crippen LogP contribution >= 0.6 is 15.8 Å². The van der Waals surface area contributed by atoms with Gasteiger partial charge in [-0.3, -0.25) is 0 Å². The predicted molar refractivity (Wildman–Crippen MR) is 98.0 cm³/mol. The van der Waals surface area contributed by atoms with Gasteiger partial charge in [0.25, 0.3) is 0 Å². The van der Waals surface area contributed by atoms with Crippen molar-refractivity contribution in [3.05, 3.63) is 46.6 Å². The summed E-state index contributed by atoms with van der Waals surface area (Å²) in [6.45, 7) is 14.4.